The highest BCUT2D eigenvalue weighted by atomic mass is 16.5. The Morgan fingerprint density at radius 2 is 1.96 bits per heavy atom. The highest BCUT2D eigenvalue weighted by Gasteiger charge is 2.25. The highest BCUT2D eigenvalue weighted by molar-refractivity contribution is 5.95. The Labute approximate surface area is 153 Å². The van der Waals surface area contributed by atoms with Crippen molar-refractivity contribution in [3.63, 3.8) is 0 Å². The maximum Gasteiger partial charge on any atom is 0.255 e. The molecule has 0 radical (unpaired) electrons. The van der Waals surface area contributed by atoms with Gasteiger partial charge in [0.2, 0.25) is 0 Å². The van der Waals surface area contributed by atoms with Crippen molar-refractivity contribution < 1.29 is 9.53 Å². The molecule has 0 saturated carbocycles. The molecule has 1 aromatic heterocycles. The standard InChI is InChI=1S/C21H23N3O2/c1-2-16-8-4-5-9-18(16)24-12-13-26-19-14-17(15-22-20(19)24)21(25)23-10-6-3-7-11-23/h2,4-5,8-9,14-15H,1,3,6-7,10-13H2. The van der Waals surface area contributed by atoms with Gasteiger partial charge in [-0.25, -0.2) is 4.98 Å². The monoisotopic (exact) mass is 349 g/mol. The number of anilines is 2. The Morgan fingerprint density at radius 3 is 2.77 bits per heavy atom. The number of para-hydroxylation sites is 1. The topological polar surface area (TPSA) is 45.7 Å². The van der Waals surface area contributed by atoms with Gasteiger partial charge in [-0.2, -0.15) is 0 Å². The summed E-state index contributed by atoms with van der Waals surface area (Å²) in [6.07, 6.45) is 6.87. The lowest BCUT2D eigenvalue weighted by atomic mass is 10.1. The van der Waals surface area contributed by atoms with Gasteiger partial charge in [0.25, 0.3) is 5.91 Å². The second-order valence-corrected chi connectivity index (χ2v) is 6.66. The number of carbonyl (C=O) groups excluding carboxylic acids is 1. The van der Waals surface area contributed by atoms with Crippen LogP contribution in [0.4, 0.5) is 11.5 Å². The number of carbonyl (C=O) groups is 1. The number of ether oxygens (including phenoxy) is 1. The van der Waals surface area contributed by atoms with Gasteiger partial charge in [0.15, 0.2) is 11.6 Å². The lowest BCUT2D eigenvalue weighted by molar-refractivity contribution is 0.0723. The number of hydrogen-bond acceptors (Lipinski definition) is 4. The number of benzene rings is 1. The van der Waals surface area contributed by atoms with E-state index in [4.69, 9.17) is 4.74 Å². The van der Waals surface area contributed by atoms with Crippen molar-refractivity contribution >= 4 is 23.5 Å². The van der Waals surface area contributed by atoms with E-state index in [1.165, 1.54) is 6.42 Å². The minimum absolute atomic E-state index is 0.0483. The van der Waals surface area contributed by atoms with Crippen molar-refractivity contribution in [3.05, 3.63) is 54.2 Å². The number of nitrogens with zero attached hydrogens (tertiary/aromatic N) is 3. The van der Waals surface area contributed by atoms with Crippen LogP contribution in [-0.2, 0) is 0 Å². The predicted molar refractivity (Wildman–Crippen MR) is 103 cm³/mol. The summed E-state index contributed by atoms with van der Waals surface area (Å²) in [5, 5.41) is 0. The number of likely N-dealkylation sites (tertiary alicyclic amines) is 1. The molecule has 0 spiro atoms. The Bertz CT molecular complexity index is 828. The van der Waals surface area contributed by atoms with Crippen molar-refractivity contribution in [2.75, 3.05) is 31.1 Å². The molecule has 134 valence electrons. The number of rotatable bonds is 3. The molecule has 1 aromatic carbocycles. The Morgan fingerprint density at radius 1 is 1.15 bits per heavy atom. The van der Waals surface area contributed by atoms with E-state index < -0.39 is 0 Å². The lowest BCUT2D eigenvalue weighted by Gasteiger charge is -2.32. The first-order valence-corrected chi connectivity index (χ1v) is 9.19. The molecular formula is C21H23N3O2. The average molecular weight is 349 g/mol. The third kappa shape index (κ3) is 3.05. The molecule has 0 unspecified atom stereocenters. The third-order valence-electron chi connectivity index (χ3n) is 5.00. The molecule has 0 atom stereocenters. The van der Waals surface area contributed by atoms with Crippen LogP contribution in [0.5, 0.6) is 5.75 Å². The number of aromatic nitrogens is 1. The van der Waals surface area contributed by atoms with Gasteiger partial charge in [-0.05, 0) is 37.0 Å². The number of pyridine rings is 1. The van der Waals surface area contributed by atoms with Gasteiger partial charge in [-0.15, -0.1) is 0 Å². The first-order chi connectivity index (χ1) is 12.8. The molecule has 1 saturated heterocycles. The molecule has 1 fully saturated rings. The highest BCUT2D eigenvalue weighted by Crippen LogP contribution is 2.37. The minimum atomic E-state index is 0.0483. The summed E-state index contributed by atoms with van der Waals surface area (Å²) in [6.45, 7) is 6.83. The van der Waals surface area contributed by atoms with Crippen LogP contribution in [0.25, 0.3) is 6.08 Å². The lowest BCUT2D eigenvalue weighted by Crippen LogP contribution is -2.36. The van der Waals surface area contributed by atoms with Gasteiger partial charge in [0.1, 0.15) is 6.61 Å². The van der Waals surface area contributed by atoms with Crippen molar-refractivity contribution in [1.82, 2.24) is 9.88 Å². The summed E-state index contributed by atoms with van der Waals surface area (Å²) in [4.78, 5) is 21.4. The molecule has 0 N–H and O–H groups in total. The zero-order valence-electron chi connectivity index (χ0n) is 14.9. The summed E-state index contributed by atoms with van der Waals surface area (Å²) < 4.78 is 5.83. The number of hydrogen-bond donors (Lipinski definition) is 0. The molecule has 2 aliphatic heterocycles. The second-order valence-electron chi connectivity index (χ2n) is 6.66. The van der Waals surface area contributed by atoms with Crippen LogP contribution in [-0.4, -0.2) is 42.0 Å². The summed E-state index contributed by atoms with van der Waals surface area (Å²) >= 11 is 0. The molecule has 0 aliphatic carbocycles. The van der Waals surface area contributed by atoms with E-state index in [-0.39, 0.29) is 5.91 Å². The molecule has 2 aliphatic rings. The van der Waals surface area contributed by atoms with E-state index in [1.54, 1.807) is 6.20 Å². The van der Waals surface area contributed by atoms with E-state index in [2.05, 4.69) is 22.5 Å². The third-order valence-corrected chi connectivity index (χ3v) is 5.00. The largest absolute Gasteiger partial charge is 0.488 e. The van der Waals surface area contributed by atoms with E-state index in [0.29, 0.717) is 24.5 Å². The van der Waals surface area contributed by atoms with Crippen LogP contribution in [0.2, 0.25) is 0 Å². The number of fused-ring (bicyclic) bond motifs is 1. The SMILES string of the molecule is C=Cc1ccccc1N1CCOc2cc(C(=O)N3CCCCC3)cnc21. The summed E-state index contributed by atoms with van der Waals surface area (Å²) in [7, 11) is 0. The Kier molecular flexibility index (Phi) is 4.61. The molecule has 3 heterocycles. The zero-order chi connectivity index (χ0) is 17.9. The van der Waals surface area contributed by atoms with Gasteiger partial charge in [0, 0.05) is 25.0 Å². The summed E-state index contributed by atoms with van der Waals surface area (Å²) in [5.41, 5.74) is 2.70. The molecule has 2 aromatic rings. The first-order valence-electron chi connectivity index (χ1n) is 9.19. The van der Waals surface area contributed by atoms with Crippen molar-refractivity contribution in [1.29, 1.82) is 0 Å². The van der Waals surface area contributed by atoms with E-state index in [0.717, 1.165) is 43.0 Å². The fraction of sp³-hybridized carbons (Fsp3) is 0.333. The number of amides is 1. The smallest absolute Gasteiger partial charge is 0.255 e. The predicted octanol–water partition coefficient (Wildman–Crippen LogP) is 3.88. The maximum atomic E-state index is 12.7. The van der Waals surface area contributed by atoms with Gasteiger partial charge >= 0.3 is 0 Å². The molecule has 0 bridgehead atoms. The summed E-state index contributed by atoms with van der Waals surface area (Å²) in [6, 6.07) is 9.93. The molecule has 5 heteroatoms. The molecule has 26 heavy (non-hydrogen) atoms. The Balaban J connectivity index is 1.65. The van der Waals surface area contributed by atoms with E-state index >= 15 is 0 Å². The normalized spacial score (nSPS) is 16.6. The number of piperidine rings is 1. The quantitative estimate of drug-likeness (QED) is 0.844. The van der Waals surface area contributed by atoms with Gasteiger partial charge in [0.05, 0.1) is 12.1 Å². The fourth-order valence-electron chi connectivity index (χ4n) is 3.64. The minimum Gasteiger partial charge on any atom is -0.488 e. The average Bonchev–Trinajstić information content (AvgIpc) is 2.73. The van der Waals surface area contributed by atoms with Crippen molar-refractivity contribution in [3.8, 4) is 5.75 Å². The fourth-order valence-corrected chi connectivity index (χ4v) is 3.64. The summed E-state index contributed by atoms with van der Waals surface area (Å²) in [5.74, 6) is 1.46. The molecule has 1 amide bonds. The Hall–Kier alpha value is -2.82. The van der Waals surface area contributed by atoms with Gasteiger partial charge in [-0.1, -0.05) is 30.9 Å². The van der Waals surface area contributed by atoms with Gasteiger partial charge in [-0.3, -0.25) is 4.79 Å². The van der Waals surface area contributed by atoms with Crippen LogP contribution < -0.4 is 9.64 Å². The molecular weight excluding hydrogens is 326 g/mol. The van der Waals surface area contributed by atoms with Crippen molar-refractivity contribution in [2.45, 2.75) is 19.3 Å². The zero-order valence-corrected chi connectivity index (χ0v) is 14.9. The first kappa shape index (κ1) is 16.6. The molecule has 4 rings (SSSR count). The van der Waals surface area contributed by atoms with Crippen LogP contribution in [0, 0.1) is 0 Å². The van der Waals surface area contributed by atoms with Crippen LogP contribution in [0.15, 0.2) is 43.1 Å². The maximum absolute atomic E-state index is 12.7. The molecule has 5 nitrogen and oxygen atoms in total. The van der Waals surface area contributed by atoms with Crippen LogP contribution in [0.3, 0.4) is 0 Å². The van der Waals surface area contributed by atoms with Gasteiger partial charge < -0.3 is 14.5 Å². The second kappa shape index (κ2) is 7.20. The van der Waals surface area contributed by atoms with Crippen LogP contribution >= 0.6 is 0 Å². The van der Waals surface area contributed by atoms with Crippen molar-refractivity contribution in [2.24, 2.45) is 0 Å². The van der Waals surface area contributed by atoms with E-state index in [1.807, 2.05) is 35.2 Å². The van der Waals surface area contributed by atoms with Crippen LogP contribution in [0.1, 0.15) is 35.2 Å². The van der Waals surface area contributed by atoms with E-state index in [9.17, 15) is 4.79 Å².